The number of ketones is 1. The van der Waals surface area contributed by atoms with Gasteiger partial charge in [-0.1, -0.05) is 18.6 Å². The summed E-state index contributed by atoms with van der Waals surface area (Å²) in [5, 5.41) is 8.73. The van der Waals surface area contributed by atoms with Crippen molar-refractivity contribution >= 4 is 5.78 Å². The molecule has 0 unspecified atom stereocenters. The number of para-hydroxylation sites is 1. The Labute approximate surface area is 105 Å². The molecule has 1 fully saturated rings. The van der Waals surface area contributed by atoms with Gasteiger partial charge in [-0.3, -0.25) is 4.79 Å². The van der Waals surface area contributed by atoms with Gasteiger partial charge in [0.15, 0.2) is 17.3 Å². The zero-order valence-electron chi connectivity index (χ0n) is 9.94. The number of nitrogens with zero attached hydrogens (tertiary/aromatic N) is 1. The van der Waals surface area contributed by atoms with E-state index in [9.17, 15) is 4.79 Å². The first kappa shape index (κ1) is 11.1. The van der Waals surface area contributed by atoms with E-state index < -0.39 is 5.41 Å². The summed E-state index contributed by atoms with van der Waals surface area (Å²) in [5.74, 6) is 1.38. The van der Waals surface area contributed by atoms with Crippen LogP contribution in [0, 0.1) is 11.3 Å². The van der Waals surface area contributed by atoms with Crippen LogP contribution < -0.4 is 9.47 Å². The highest BCUT2D eigenvalue weighted by Gasteiger charge is 2.47. The van der Waals surface area contributed by atoms with Gasteiger partial charge in [-0.15, -0.1) is 0 Å². The van der Waals surface area contributed by atoms with Crippen molar-refractivity contribution in [3.8, 4) is 17.6 Å². The van der Waals surface area contributed by atoms with Crippen LogP contribution in [0.5, 0.6) is 11.5 Å². The topological polar surface area (TPSA) is 59.3 Å². The first-order valence-corrected chi connectivity index (χ1v) is 6.07. The Morgan fingerprint density at radius 1 is 1.39 bits per heavy atom. The third-order valence-corrected chi connectivity index (χ3v) is 3.89. The number of ether oxygens (including phenoxy) is 2. The zero-order valence-corrected chi connectivity index (χ0v) is 9.94. The molecule has 0 spiro atoms. The van der Waals surface area contributed by atoms with E-state index in [1.54, 1.807) is 0 Å². The third-order valence-electron chi connectivity index (χ3n) is 3.89. The van der Waals surface area contributed by atoms with E-state index in [1.165, 1.54) is 0 Å². The predicted octanol–water partition coefficient (Wildman–Crippen LogP) is 2.32. The van der Waals surface area contributed by atoms with Crippen molar-refractivity contribution in [2.24, 2.45) is 0 Å². The normalized spacial score (nSPS) is 18.8. The molecule has 1 aliphatic heterocycles. The van der Waals surface area contributed by atoms with Gasteiger partial charge in [0.1, 0.15) is 0 Å². The Bertz CT molecular complexity index is 540. The maximum absolute atomic E-state index is 12.2. The lowest BCUT2D eigenvalue weighted by atomic mass is 9.61. The Hall–Kier alpha value is -2.02. The zero-order chi connectivity index (χ0) is 12.6. The molecule has 4 heteroatoms. The number of carbonyl (C=O) groups excluding carboxylic acids is 1. The van der Waals surface area contributed by atoms with Crippen LogP contribution in [0.15, 0.2) is 18.2 Å². The summed E-state index contributed by atoms with van der Waals surface area (Å²) in [5.41, 5.74) is 0.374. The molecule has 3 rings (SSSR count). The average Bonchev–Trinajstić information content (AvgIpc) is 2.76. The van der Waals surface area contributed by atoms with E-state index in [2.05, 4.69) is 0 Å². The highest BCUT2D eigenvalue weighted by atomic mass is 16.7. The molecule has 1 aromatic carbocycles. The average molecular weight is 243 g/mol. The molecule has 18 heavy (non-hydrogen) atoms. The van der Waals surface area contributed by atoms with Crippen molar-refractivity contribution < 1.29 is 14.3 Å². The van der Waals surface area contributed by atoms with Crippen molar-refractivity contribution in [1.82, 2.24) is 0 Å². The molecule has 4 nitrogen and oxygen atoms in total. The van der Waals surface area contributed by atoms with Crippen LogP contribution in [0.1, 0.15) is 31.2 Å². The van der Waals surface area contributed by atoms with Crippen molar-refractivity contribution in [1.29, 1.82) is 5.26 Å². The van der Waals surface area contributed by atoms with Crippen molar-refractivity contribution in [3.63, 3.8) is 0 Å². The van der Waals surface area contributed by atoms with Gasteiger partial charge in [-0.2, -0.15) is 5.26 Å². The summed E-state index contributed by atoms with van der Waals surface area (Å²) >= 11 is 0. The summed E-state index contributed by atoms with van der Waals surface area (Å²) in [7, 11) is 0. The van der Waals surface area contributed by atoms with E-state index in [0.29, 0.717) is 11.5 Å². The highest BCUT2D eigenvalue weighted by Crippen LogP contribution is 2.51. The molecule has 0 amide bonds. The summed E-state index contributed by atoms with van der Waals surface area (Å²) in [4.78, 5) is 12.2. The van der Waals surface area contributed by atoms with Gasteiger partial charge in [-0.25, -0.2) is 0 Å². The van der Waals surface area contributed by atoms with Gasteiger partial charge in [0.2, 0.25) is 6.79 Å². The summed E-state index contributed by atoms with van der Waals surface area (Å²) < 4.78 is 10.8. The number of hydrogen-bond donors (Lipinski definition) is 0. The third kappa shape index (κ3) is 1.40. The maximum Gasteiger partial charge on any atom is 0.231 e. The van der Waals surface area contributed by atoms with Crippen LogP contribution in [-0.4, -0.2) is 12.6 Å². The lowest BCUT2D eigenvalue weighted by Gasteiger charge is -2.40. The van der Waals surface area contributed by atoms with Gasteiger partial charge in [0, 0.05) is 5.56 Å². The Balaban J connectivity index is 2.05. The largest absolute Gasteiger partial charge is 0.454 e. The van der Waals surface area contributed by atoms with E-state index >= 15 is 0 Å². The summed E-state index contributed by atoms with van der Waals surface area (Å²) in [6, 6.07) is 7.59. The Morgan fingerprint density at radius 3 is 2.89 bits per heavy atom. The number of benzene rings is 1. The van der Waals surface area contributed by atoms with E-state index in [-0.39, 0.29) is 19.0 Å². The van der Waals surface area contributed by atoms with Crippen LogP contribution in [0.3, 0.4) is 0 Å². The van der Waals surface area contributed by atoms with Crippen LogP contribution in [-0.2, 0) is 10.2 Å². The maximum atomic E-state index is 12.2. The number of rotatable bonds is 3. The van der Waals surface area contributed by atoms with Gasteiger partial charge >= 0.3 is 0 Å². The van der Waals surface area contributed by atoms with Gasteiger partial charge in [-0.05, 0) is 18.9 Å². The fraction of sp³-hybridized carbons (Fsp3) is 0.429. The lowest BCUT2D eigenvalue weighted by molar-refractivity contribution is -0.126. The Morgan fingerprint density at radius 2 is 2.22 bits per heavy atom. The van der Waals surface area contributed by atoms with E-state index in [0.717, 1.165) is 24.8 Å². The lowest BCUT2D eigenvalue weighted by Crippen LogP contribution is -2.42. The first-order chi connectivity index (χ1) is 8.78. The molecular weight excluding hydrogens is 230 g/mol. The minimum absolute atomic E-state index is 0.000139. The molecule has 1 aromatic rings. The smallest absolute Gasteiger partial charge is 0.231 e. The monoisotopic (exact) mass is 243 g/mol. The standard InChI is InChI=1S/C14H13NO3/c15-8-5-12(16)14(6-2-7-14)10-3-1-4-11-13(10)18-9-17-11/h1,3-4H,2,5-7,9H2. The van der Waals surface area contributed by atoms with E-state index in [1.807, 2.05) is 24.3 Å². The highest BCUT2D eigenvalue weighted by molar-refractivity contribution is 5.93. The van der Waals surface area contributed by atoms with Gasteiger partial charge in [0.05, 0.1) is 17.9 Å². The van der Waals surface area contributed by atoms with Gasteiger partial charge < -0.3 is 9.47 Å². The SMILES string of the molecule is N#CCC(=O)C1(c2cccc3c2OCO3)CCC1. The van der Waals surface area contributed by atoms with Crippen LogP contribution >= 0.6 is 0 Å². The number of nitriles is 1. The molecule has 0 saturated heterocycles. The molecule has 2 aliphatic rings. The summed E-state index contributed by atoms with van der Waals surface area (Å²) in [6.45, 7) is 0.203. The molecule has 0 radical (unpaired) electrons. The number of carbonyl (C=O) groups is 1. The second-order valence-electron chi connectivity index (χ2n) is 4.73. The Kier molecular flexibility index (Phi) is 2.48. The fourth-order valence-electron chi connectivity index (χ4n) is 2.78. The molecule has 0 N–H and O–H groups in total. The van der Waals surface area contributed by atoms with Crippen molar-refractivity contribution in [2.45, 2.75) is 31.1 Å². The van der Waals surface area contributed by atoms with Crippen LogP contribution in [0.25, 0.3) is 0 Å². The molecule has 1 aliphatic carbocycles. The molecule has 92 valence electrons. The van der Waals surface area contributed by atoms with E-state index in [4.69, 9.17) is 14.7 Å². The fourth-order valence-corrected chi connectivity index (χ4v) is 2.78. The molecule has 0 atom stereocenters. The van der Waals surface area contributed by atoms with Crippen LogP contribution in [0.2, 0.25) is 0 Å². The summed E-state index contributed by atoms with van der Waals surface area (Å²) in [6.07, 6.45) is 2.58. The minimum atomic E-state index is -0.519. The number of Topliss-reactive ketones (excluding diaryl/α,β-unsaturated/α-hetero) is 1. The van der Waals surface area contributed by atoms with Crippen molar-refractivity contribution in [3.05, 3.63) is 23.8 Å². The number of hydrogen-bond acceptors (Lipinski definition) is 4. The van der Waals surface area contributed by atoms with Crippen LogP contribution in [0.4, 0.5) is 0 Å². The number of fused-ring (bicyclic) bond motifs is 1. The molecule has 1 saturated carbocycles. The van der Waals surface area contributed by atoms with Crippen molar-refractivity contribution in [2.75, 3.05) is 6.79 Å². The molecule has 0 aromatic heterocycles. The second-order valence-corrected chi connectivity index (χ2v) is 4.73. The molecule has 1 heterocycles. The van der Waals surface area contributed by atoms with Gasteiger partial charge in [0.25, 0.3) is 0 Å². The minimum Gasteiger partial charge on any atom is -0.454 e. The second kappa shape index (κ2) is 4.02. The molecular formula is C14H13NO3. The molecule has 0 bridgehead atoms. The first-order valence-electron chi connectivity index (χ1n) is 6.07. The quantitative estimate of drug-likeness (QED) is 0.817. The predicted molar refractivity (Wildman–Crippen MR) is 63.3 cm³/mol.